The van der Waals surface area contributed by atoms with Gasteiger partial charge >= 0.3 is 0 Å². The van der Waals surface area contributed by atoms with Gasteiger partial charge in [0.25, 0.3) is 5.91 Å². The van der Waals surface area contributed by atoms with E-state index in [0.29, 0.717) is 18.5 Å². The summed E-state index contributed by atoms with van der Waals surface area (Å²) >= 11 is 3.55. The van der Waals surface area contributed by atoms with E-state index in [-0.39, 0.29) is 24.0 Å². The van der Waals surface area contributed by atoms with Crippen molar-refractivity contribution in [1.29, 1.82) is 0 Å². The van der Waals surface area contributed by atoms with Crippen LogP contribution in [0.1, 0.15) is 37.0 Å². The molecule has 2 aromatic carbocycles. The van der Waals surface area contributed by atoms with Gasteiger partial charge in [-0.25, -0.2) is 0 Å². The lowest BCUT2D eigenvalue weighted by molar-refractivity contribution is -0.145. The van der Waals surface area contributed by atoms with E-state index in [1.165, 1.54) is 0 Å². The molecular weight excluding hydrogens is 430 g/mol. The van der Waals surface area contributed by atoms with Crippen molar-refractivity contribution < 1.29 is 14.7 Å². The van der Waals surface area contributed by atoms with Crippen molar-refractivity contribution in [3.8, 4) is 0 Å². The van der Waals surface area contributed by atoms with Gasteiger partial charge in [0.15, 0.2) is 11.4 Å². The average Bonchev–Trinajstić information content (AvgIpc) is 2.90. The third-order valence-corrected chi connectivity index (χ3v) is 6.41. The fourth-order valence-electron chi connectivity index (χ4n) is 4.36. The summed E-state index contributed by atoms with van der Waals surface area (Å²) in [5, 5.41) is 13.5. The number of nitrogens with zero attached hydrogens (tertiary/aromatic N) is 1. The largest absolute Gasteiger partial charge is 0.379 e. The zero-order valence-corrected chi connectivity index (χ0v) is 18.1. The van der Waals surface area contributed by atoms with Crippen molar-refractivity contribution in [1.82, 2.24) is 4.90 Å². The Morgan fingerprint density at radius 3 is 2.69 bits per heavy atom. The van der Waals surface area contributed by atoms with Crippen molar-refractivity contribution in [3.63, 3.8) is 0 Å². The third-order valence-electron chi connectivity index (χ3n) is 5.74. The van der Waals surface area contributed by atoms with E-state index in [1.54, 1.807) is 11.0 Å². The zero-order valence-electron chi connectivity index (χ0n) is 16.6. The number of likely N-dealkylation sites (tertiary alicyclic amines) is 1. The molecule has 2 unspecified atom stereocenters. The highest BCUT2D eigenvalue weighted by atomic mass is 79.9. The molecular formula is C24H24BrNO3. The van der Waals surface area contributed by atoms with Crippen LogP contribution >= 0.6 is 15.9 Å². The number of aliphatic hydroxyl groups is 1. The van der Waals surface area contributed by atoms with Gasteiger partial charge in [0.1, 0.15) is 0 Å². The quantitative estimate of drug-likeness (QED) is 0.659. The number of benzene rings is 2. The molecule has 150 valence electrons. The van der Waals surface area contributed by atoms with Crippen LogP contribution in [0, 0.1) is 11.8 Å². The Kier molecular flexibility index (Phi) is 5.21. The van der Waals surface area contributed by atoms with Crippen molar-refractivity contribution in [2.24, 2.45) is 11.8 Å². The number of halogens is 1. The summed E-state index contributed by atoms with van der Waals surface area (Å²) in [5.41, 5.74) is -0.417. The van der Waals surface area contributed by atoms with Crippen LogP contribution in [0.3, 0.4) is 0 Å². The van der Waals surface area contributed by atoms with E-state index in [9.17, 15) is 14.7 Å². The summed E-state index contributed by atoms with van der Waals surface area (Å²) in [5.74, 6) is -0.765. The molecule has 1 heterocycles. The molecule has 1 aliphatic carbocycles. The number of Topliss-reactive ketones (excluding diaryl/α,β-unsaturated/α-hetero) is 1. The maximum Gasteiger partial charge on any atom is 0.259 e. The number of hydrogen-bond acceptors (Lipinski definition) is 3. The average molecular weight is 454 g/mol. The van der Waals surface area contributed by atoms with Gasteiger partial charge in [0.05, 0.1) is 0 Å². The minimum absolute atomic E-state index is 0.219. The minimum Gasteiger partial charge on any atom is -0.379 e. The summed E-state index contributed by atoms with van der Waals surface area (Å²) in [4.78, 5) is 28.1. The van der Waals surface area contributed by atoms with E-state index >= 15 is 0 Å². The number of ketones is 1. The summed E-state index contributed by atoms with van der Waals surface area (Å²) < 4.78 is 0.803. The molecule has 0 bridgehead atoms. The number of carbonyl (C=O) groups excluding carboxylic acids is 2. The molecule has 0 aromatic heterocycles. The highest BCUT2D eigenvalue weighted by Gasteiger charge is 2.57. The second kappa shape index (κ2) is 7.54. The molecule has 0 radical (unpaired) electrons. The standard InChI is InChI=1S/C24H24BrNO3/c1-15(2)14-26-22-19(8-5-9-20(22)25)24(29,23(26)28)13-21(27)18-11-10-16-6-3-4-7-17(16)12-18/h3-7,9-12,15,19,29H,8,13-14H2,1-2H3. The summed E-state index contributed by atoms with van der Waals surface area (Å²) in [7, 11) is 0. The number of allylic oxidation sites excluding steroid dienone is 3. The van der Waals surface area contributed by atoms with Gasteiger partial charge in [-0.1, -0.05) is 62.4 Å². The molecule has 5 heteroatoms. The molecule has 1 N–H and O–H groups in total. The van der Waals surface area contributed by atoms with Crippen molar-refractivity contribution in [3.05, 3.63) is 70.4 Å². The van der Waals surface area contributed by atoms with Gasteiger partial charge in [0, 0.05) is 34.6 Å². The topological polar surface area (TPSA) is 57.6 Å². The Bertz CT molecular complexity index is 1060. The lowest BCUT2D eigenvalue weighted by atomic mass is 9.79. The Morgan fingerprint density at radius 1 is 1.24 bits per heavy atom. The summed E-state index contributed by atoms with van der Waals surface area (Å²) in [6.45, 7) is 4.58. The fourth-order valence-corrected chi connectivity index (χ4v) is 5.03. The van der Waals surface area contributed by atoms with Crippen LogP contribution in [0.25, 0.3) is 10.8 Å². The fraction of sp³-hybridized carbons (Fsp3) is 0.333. The van der Waals surface area contributed by atoms with Gasteiger partial charge in [0.2, 0.25) is 0 Å². The molecule has 4 rings (SSSR count). The summed E-state index contributed by atoms with van der Waals surface area (Å²) in [6, 6.07) is 13.3. The van der Waals surface area contributed by atoms with Crippen LogP contribution in [0.5, 0.6) is 0 Å². The van der Waals surface area contributed by atoms with E-state index in [1.807, 2.05) is 62.4 Å². The van der Waals surface area contributed by atoms with Crippen LogP contribution in [-0.2, 0) is 4.79 Å². The first-order valence-electron chi connectivity index (χ1n) is 9.94. The molecule has 1 saturated heterocycles. The second-order valence-electron chi connectivity index (χ2n) is 8.32. The van der Waals surface area contributed by atoms with E-state index in [4.69, 9.17) is 0 Å². The SMILES string of the molecule is CC(C)CN1C(=O)C(O)(CC(=O)c2ccc3ccccc3c2)C2CC=CC(Br)=C21. The van der Waals surface area contributed by atoms with Crippen LogP contribution in [0.2, 0.25) is 0 Å². The Labute approximate surface area is 179 Å². The third kappa shape index (κ3) is 3.47. The Balaban J connectivity index is 1.68. The van der Waals surface area contributed by atoms with E-state index in [2.05, 4.69) is 15.9 Å². The second-order valence-corrected chi connectivity index (χ2v) is 9.17. The number of carbonyl (C=O) groups is 2. The monoisotopic (exact) mass is 453 g/mol. The zero-order chi connectivity index (χ0) is 20.8. The number of hydrogen-bond donors (Lipinski definition) is 1. The minimum atomic E-state index is -1.73. The molecule has 1 aliphatic heterocycles. The highest BCUT2D eigenvalue weighted by Crippen LogP contribution is 2.47. The van der Waals surface area contributed by atoms with Gasteiger partial charge in [-0.2, -0.15) is 0 Å². The lowest BCUT2D eigenvalue weighted by Gasteiger charge is -2.27. The number of rotatable bonds is 5. The van der Waals surface area contributed by atoms with Crippen LogP contribution in [-0.4, -0.2) is 33.8 Å². The van der Waals surface area contributed by atoms with E-state index in [0.717, 1.165) is 21.0 Å². The number of fused-ring (bicyclic) bond motifs is 2. The van der Waals surface area contributed by atoms with Crippen LogP contribution < -0.4 is 0 Å². The van der Waals surface area contributed by atoms with Crippen molar-refractivity contribution in [2.75, 3.05) is 6.54 Å². The lowest BCUT2D eigenvalue weighted by Crippen LogP contribution is -2.45. The molecule has 2 atom stereocenters. The highest BCUT2D eigenvalue weighted by molar-refractivity contribution is 9.11. The normalized spacial score (nSPS) is 24.0. The smallest absolute Gasteiger partial charge is 0.259 e. The maximum atomic E-state index is 13.3. The molecule has 2 aromatic rings. The molecule has 2 aliphatic rings. The van der Waals surface area contributed by atoms with E-state index < -0.39 is 11.5 Å². The van der Waals surface area contributed by atoms with Gasteiger partial charge in [-0.3, -0.25) is 9.59 Å². The van der Waals surface area contributed by atoms with Crippen molar-refractivity contribution in [2.45, 2.75) is 32.3 Å². The van der Waals surface area contributed by atoms with Gasteiger partial charge < -0.3 is 10.0 Å². The predicted molar refractivity (Wildman–Crippen MR) is 118 cm³/mol. The first-order chi connectivity index (χ1) is 13.8. The van der Waals surface area contributed by atoms with Gasteiger partial charge in [-0.05, 0) is 45.1 Å². The Morgan fingerprint density at radius 2 is 1.97 bits per heavy atom. The van der Waals surface area contributed by atoms with Gasteiger partial charge in [-0.15, -0.1) is 0 Å². The molecule has 29 heavy (non-hydrogen) atoms. The molecule has 0 saturated carbocycles. The maximum absolute atomic E-state index is 13.3. The van der Waals surface area contributed by atoms with Crippen LogP contribution in [0.15, 0.2) is 64.8 Å². The van der Waals surface area contributed by atoms with Crippen molar-refractivity contribution >= 4 is 38.4 Å². The number of amides is 1. The van der Waals surface area contributed by atoms with Crippen LogP contribution in [0.4, 0.5) is 0 Å². The molecule has 0 spiro atoms. The molecule has 4 nitrogen and oxygen atoms in total. The molecule has 1 amide bonds. The predicted octanol–water partition coefficient (Wildman–Crippen LogP) is 4.82. The Hall–Kier alpha value is -2.24. The first kappa shape index (κ1) is 20.0. The first-order valence-corrected chi connectivity index (χ1v) is 10.7. The molecule has 1 fully saturated rings. The summed E-state index contributed by atoms with van der Waals surface area (Å²) in [6.07, 6.45) is 4.17.